The molecule has 0 atom stereocenters. The van der Waals surface area contributed by atoms with Gasteiger partial charge in [0.15, 0.2) is 5.82 Å². The number of rotatable bonds is 4. The van der Waals surface area contributed by atoms with Crippen LogP contribution in [-0.2, 0) is 0 Å². The molecule has 2 aromatic carbocycles. The monoisotopic (exact) mass is 409 g/mol. The zero-order valence-electron chi connectivity index (χ0n) is 14.9. The lowest BCUT2D eigenvalue weighted by molar-refractivity contribution is 0.496. The number of aromatic nitrogens is 4. The minimum Gasteiger partial charge on any atom is -0.361 e. The number of halogens is 1. The molecule has 5 rings (SSSR count). The Hall–Kier alpha value is -3.10. The van der Waals surface area contributed by atoms with Crippen molar-refractivity contribution in [3.63, 3.8) is 0 Å². The average molecular weight is 410 g/mol. The highest BCUT2D eigenvalue weighted by Crippen LogP contribution is 2.33. The van der Waals surface area contributed by atoms with Crippen molar-refractivity contribution < 1.29 is 0 Å². The van der Waals surface area contributed by atoms with E-state index < -0.39 is 0 Å². The zero-order valence-corrected chi connectivity index (χ0v) is 16.5. The van der Waals surface area contributed by atoms with E-state index in [1.807, 2.05) is 31.3 Å². The first kappa shape index (κ1) is 17.0. The Morgan fingerprint density at radius 2 is 2.14 bits per heavy atom. The van der Waals surface area contributed by atoms with E-state index in [9.17, 15) is 0 Å². The Kier molecular flexibility index (Phi) is 4.14. The summed E-state index contributed by atoms with van der Waals surface area (Å²) in [6, 6.07) is 12.1. The number of hydrogen-bond acceptors (Lipinski definition) is 7. The molecule has 0 spiro atoms. The van der Waals surface area contributed by atoms with Gasteiger partial charge >= 0.3 is 0 Å². The molecule has 9 heteroatoms. The van der Waals surface area contributed by atoms with Crippen molar-refractivity contribution >= 4 is 50.5 Å². The van der Waals surface area contributed by atoms with E-state index in [2.05, 4.69) is 59.2 Å². The van der Waals surface area contributed by atoms with E-state index in [4.69, 9.17) is 11.6 Å². The molecule has 1 aliphatic rings. The van der Waals surface area contributed by atoms with Crippen molar-refractivity contribution in [1.29, 1.82) is 0 Å². The van der Waals surface area contributed by atoms with Crippen LogP contribution in [0, 0.1) is 0 Å². The Bertz CT molecular complexity index is 1180. The number of H-pyrrole nitrogens is 1. The van der Waals surface area contributed by atoms with Gasteiger partial charge in [0.05, 0.1) is 29.1 Å². The molecule has 0 saturated heterocycles. The SMILES string of the molecule is CN1C=CN(c2cccc(-c3nsc(Nc4ccc5[nH]ncc5c4Cl)n3)c2)C1. The van der Waals surface area contributed by atoms with Gasteiger partial charge in [-0.25, -0.2) is 0 Å². The molecule has 0 amide bonds. The van der Waals surface area contributed by atoms with Crippen LogP contribution in [0.4, 0.5) is 16.5 Å². The number of hydrogen-bond donors (Lipinski definition) is 2. The molecule has 0 aliphatic carbocycles. The fourth-order valence-electron chi connectivity index (χ4n) is 3.11. The second-order valence-electron chi connectivity index (χ2n) is 6.52. The third-order valence-electron chi connectivity index (χ3n) is 4.54. The van der Waals surface area contributed by atoms with E-state index in [-0.39, 0.29) is 0 Å². The van der Waals surface area contributed by atoms with E-state index in [1.165, 1.54) is 11.5 Å². The largest absolute Gasteiger partial charge is 0.361 e. The molecule has 3 heterocycles. The normalized spacial score (nSPS) is 13.6. The van der Waals surface area contributed by atoms with Crippen LogP contribution < -0.4 is 10.2 Å². The first-order valence-corrected chi connectivity index (χ1v) is 9.80. The molecule has 28 heavy (non-hydrogen) atoms. The molecule has 1 aliphatic heterocycles. The molecular weight excluding hydrogens is 394 g/mol. The minimum absolute atomic E-state index is 0.606. The number of nitrogens with one attached hydrogen (secondary N) is 2. The first-order chi connectivity index (χ1) is 13.7. The van der Waals surface area contributed by atoms with Crippen LogP contribution in [0.3, 0.4) is 0 Å². The van der Waals surface area contributed by atoms with Crippen LogP contribution >= 0.6 is 23.1 Å². The van der Waals surface area contributed by atoms with Crippen LogP contribution in [-0.4, -0.2) is 38.2 Å². The molecule has 7 nitrogen and oxygen atoms in total. The summed E-state index contributed by atoms with van der Waals surface area (Å²) < 4.78 is 4.51. The molecule has 0 saturated carbocycles. The topological polar surface area (TPSA) is 73.0 Å². The number of fused-ring (bicyclic) bond motifs is 1. The van der Waals surface area contributed by atoms with Gasteiger partial charge < -0.3 is 15.1 Å². The van der Waals surface area contributed by atoms with Gasteiger partial charge in [0.25, 0.3) is 0 Å². The maximum absolute atomic E-state index is 6.48. The maximum Gasteiger partial charge on any atom is 0.207 e. The Morgan fingerprint density at radius 1 is 1.21 bits per heavy atom. The van der Waals surface area contributed by atoms with Gasteiger partial charge in [0.2, 0.25) is 5.13 Å². The molecule has 4 aromatic rings. The summed E-state index contributed by atoms with van der Waals surface area (Å²) in [7, 11) is 2.05. The molecule has 2 aromatic heterocycles. The van der Waals surface area contributed by atoms with Crippen LogP contribution in [0.2, 0.25) is 5.02 Å². The van der Waals surface area contributed by atoms with Crippen molar-refractivity contribution in [3.8, 4) is 11.4 Å². The molecule has 0 radical (unpaired) electrons. The Labute approximate surface area is 170 Å². The fourth-order valence-corrected chi connectivity index (χ4v) is 3.97. The van der Waals surface area contributed by atoms with Crippen molar-refractivity contribution in [2.24, 2.45) is 0 Å². The van der Waals surface area contributed by atoms with Gasteiger partial charge in [0.1, 0.15) is 0 Å². The third kappa shape index (κ3) is 3.06. The standard InChI is InChI=1S/C19H16ClN7S/c1-26-7-8-27(11-26)13-4-2-3-12(9-13)18-23-19(28-25-18)22-16-6-5-15-14(17(16)20)10-21-24-15/h2-10H,11H2,1H3,(H,21,24)(H,22,23,25). The van der Waals surface area contributed by atoms with E-state index >= 15 is 0 Å². The molecular formula is C19H16ClN7S. The maximum atomic E-state index is 6.48. The van der Waals surface area contributed by atoms with Gasteiger partial charge in [0, 0.05) is 47.6 Å². The number of anilines is 3. The lowest BCUT2D eigenvalue weighted by atomic mass is 10.2. The molecule has 0 unspecified atom stereocenters. The average Bonchev–Trinajstić information content (AvgIpc) is 3.45. The Balaban J connectivity index is 1.40. The highest BCUT2D eigenvalue weighted by molar-refractivity contribution is 7.10. The van der Waals surface area contributed by atoms with E-state index in [0.29, 0.717) is 16.0 Å². The van der Waals surface area contributed by atoms with Crippen molar-refractivity contribution in [2.45, 2.75) is 0 Å². The van der Waals surface area contributed by atoms with Gasteiger partial charge in [-0.15, -0.1) is 0 Å². The summed E-state index contributed by atoms with van der Waals surface area (Å²) in [5.74, 6) is 0.686. The minimum atomic E-state index is 0.606. The quantitative estimate of drug-likeness (QED) is 0.510. The predicted octanol–water partition coefficient (Wildman–Crippen LogP) is 4.66. The van der Waals surface area contributed by atoms with Gasteiger partial charge in [-0.1, -0.05) is 23.7 Å². The van der Waals surface area contributed by atoms with E-state index in [1.54, 1.807) is 6.20 Å². The van der Waals surface area contributed by atoms with Crippen molar-refractivity contribution in [2.75, 3.05) is 23.9 Å². The summed E-state index contributed by atoms with van der Waals surface area (Å²) in [5.41, 5.74) is 3.75. The summed E-state index contributed by atoms with van der Waals surface area (Å²) in [6.45, 7) is 0.829. The van der Waals surface area contributed by atoms with Crippen LogP contribution in [0.1, 0.15) is 0 Å². The van der Waals surface area contributed by atoms with Crippen LogP contribution in [0.15, 0.2) is 55.0 Å². The third-order valence-corrected chi connectivity index (χ3v) is 5.58. The number of nitrogens with zero attached hydrogens (tertiary/aromatic N) is 5. The number of benzene rings is 2. The smallest absolute Gasteiger partial charge is 0.207 e. The molecule has 0 bridgehead atoms. The second kappa shape index (κ2) is 6.81. The van der Waals surface area contributed by atoms with Crippen molar-refractivity contribution in [1.82, 2.24) is 24.5 Å². The highest BCUT2D eigenvalue weighted by Gasteiger charge is 2.14. The fraction of sp³-hybridized carbons (Fsp3) is 0.105. The summed E-state index contributed by atoms with van der Waals surface area (Å²) in [6.07, 6.45) is 5.83. The van der Waals surface area contributed by atoms with Crippen LogP contribution in [0.5, 0.6) is 0 Å². The van der Waals surface area contributed by atoms with Gasteiger partial charge in [-0.2, -0.15) is 14.5 Å². The molecule has 0 fully saturated rings. The first-order valence-electron chi connectivity index (χ1n) is 8.65. The second-order valence-corrected chi connectivity index (χ2v) is 7.65. The number of aromatic amines is 1. The lowest BCUT2D eigenvalue weighted by Gasteiger charge is -2.18. The summed E-state index contributed by atoms with van der Waals surface area (Å²) in [5, 5.41) is 12.4. The molecule has 2 N–H and O–H groups in total. The highest BCUT2D eigenvalue weighted by atomic mass is 35.5. The lowest BCUT2D eigenvalue weighted by Crippen LogP contribution is -2.21. The zero-order chi connectivity index (χ0) is 19.1. The summed E-state index contributed by atoms with van der Waals surface area (Å²) >= 11 is 7.78. The molecule has 140 valence electrons. The van der Waals surface area contributed by atoms with Crippen LogP contribution in [0.25, 0.3) is 22.3 Å². The van der Waals surface area contributed by atoms with Crippen molar-refractivity contribution in [3.05, 3.63) is 60.0 Å². The van der Waals surface area contributed by atoms with Gasteiger partial charge in [-0.05, 0) is 24.3 Å². The Morgan fingerprint density at radius 3 is 3.00 bits per heavy atom. The van der Waals surface area contributed by atoms with Gasteiger partial charge in [-0.3, -0.25) is 5.10 Å². The van der Waals surface area contributed by atoms with E-state index in [0.717, 1.165) is 34.5 Å². The summed E-state index contributed by atoms with van der Waals surface area (Å²) in [4.78, 5) is 8.93. The predicted molar refractivity (Wildman–Crippen MR) is 114 cm³/mol.